The van der Waals surface area contributed by atoms with Gasteiger partial charge in [-0.15, -0.1) is 0 Å². The smallest absolute Gasteiger partial charge is 0.0242 e. The van der Waals surface area contributed by atoms with Gasteiger partial charge in [0, 0.05) is 18.6 Å². The Bertz CT molecular complexity index is 238. The van der Waals surface area contributed by atoms with E-state index < -0.39 is 0 Å². The zero-order valence-electron chi connectivity index (χ0n) is 14.8. The molecule has 1 aliphatic carbocycles. The van der Waals surface area contributed by atoms with Crippen LogP contribution in [0.2, 0.25) is 0 Å². The summed E-state index contributed by atoms with van der Waals surface area (Å²) >= 11 is 0. The Morgan fingerprint density at radius 1 is 1.00 bits per heavy atom. The second-order valence-electron chi connectivity index (χ2n) is 7.37. The third-order valence-electron chi connectivity index (χ3n) is 5.59. The fourth-order valence-corrected chi connectivity index (χ4v) is 3.88. The quantitative estimate of drug-likeness (QED) is 0.719. The maximum Gasteiger partial charge on any atom is 0.0242 e. The van der Waals surface area contributed by atoms with E-state index in [2.05, 4.69) is 52.0 Å². The summed E-state index contributed by atoms with van der Waals surface area (Å²) in [4.78, 5) is 2.42. The van der Waals surface area contributed by atoms with Gasteiger partial charge in [0.25, 0.3) is 0 Å². The molecule has 2 nitrogen and oxygen atoms in total. The average Bonchev–Trinajstić information content (AvgIpc) is 2.43. The predicted octanol–water partition coefficient (Wildman–Crippen LogP) is 4.16. The van der Waals surface area contributed by atoms with Crippen molar-refractivity contribution < 1.29 is 0 Å². The van der Waals surface area contributed by atoms with Gasteiger partial charge in [-0.1, -0.05) is 40.5 Å². The van der Waals surface area contributed by atoms with Gasteiger partial charge in [0.05, 0.1) is 0 Å². The number of hydrogen-bond acceptors (Lipinski definition) is 2. The molecule has 0 aliphatic heterocycles. The van der Waals surface area contributed by atoms with Crippen LogP contribution in [0.1, 0.15) is 66.2 Å². The summed E-state index contributed by atoms with van der Waals surface area (Å²) in [5.74, 6) is 2.66. The minimum absolute atomic E-state index is 0.688. The average molecular weight is 283 g/mol. The van der Waals surface area contributed by atoms with Crippen molar-refractivity contribution in [3.63, 3.8) is 0 Å². The lowest BCUT2D eigenvalue weighted by molar-refractivity contribution is 0.175. The van der Waals surface area contributed by atoms with Crippen LogP contribution in [-0.4, -0.2) is 37.6 Å². The summed E-state index contributed by atoms with van der Waals surface area (Å²) in [6.07, 6.45) is 8.19. The fourth-order valence-electron chi connectivity index (χ4n) is 3.88. The maximum atomic E-state index is 3.87. The maximum absolute atomic E-state index is 3.87. The van der Waals surface area contributed by atoms with E-state index in [1.165, 1.54) is 38.5 Å². The molecule has 120 valence electrons. The molecule has 20 heavy (non-hydrogen) atoms. The van der Waals surface area contributed by atoms with Crippen LogP contribution in [0.25, 0.3) is 0 Å². The minimum atomic E-state index is 0.688. The van der Waals surface area contributed by atoms with Crippen molar-refractivity contribution in [3.8, 4) is 0 Å². The van der Waals surface area contributed by atoms with Crippen LogP contribution in [-0.2, 0) is 0 Å². The molecule has 1 fully saturated rings. The van der Waals surface area contributed by atoms with Crippen LogP contribution < -0.4 is 5.32 Å². The number of likely N-dealkylation sites (N-methyl/N-ethyl adjacent to an activating group) is 1. The van der Waals surface area contributed by atoms with Crippen LogP contribution >= 0.6 is 0 Å². The van der Waals surface area contributed by atoms with Gasteiger partial charge >= 0.3 is 0 Å². The predicted molar refractivity (Wildman–Crippen MR) is 90.1 cm³/mol. The highest BCUT2D eigenvalue weighted by molar-refractivity contribution is 4.83. The summed E-state index contributed by atoms with van der Waals surface area (Å²) in [6.45, 7) is 10.6. The first-order chi connectivity index (χ1) is 9.49. The van der Waals surface area contributed by atoms with E-state index in [4.69, 9.17) is 0 Å². The standard InChI is InChI=1S/C18H38N2/c1-7-15(8-2)18(20(5)6)13-19-17-11-9-16(10-12-17)14(3)4/h14-19H,7-13H2,1-6H3. The highest BCUT2D eigenvalue weighted by Crippen LogP contribution is 2.30. The van der Waals surface area contributed by atoms with Crippen LogP contribution in [0.15, 0.2) is 0 Å². The minimum Gasteiger partial charge on any atom is -0.312 e. The van der Waals surface area contributed by atoms with Crippen molar-refractivity contribution in [3.05, 3.63) is 0 Å². The summed E-state index contributed by atoms with van der Waals surface area (Å²) in [6, 6.07) is 1.45. The SMILES string of the molecule is CCC(CC)C(CNC1CCC(C(C)C)CC1)N(C)C. The molecule has 1 N–H and O–H groups in total. The fraction of sp³-hybridized carbons (Fsp3) is 1.00. The van der Waals surface area contributed by atoms with Crippen LogP contribution in [0.4, 0.5) is 0 Å². The molecule has 0 bridgehead atoms. The zero-order valence-corrected chi connectivity index (χ0v) is 14.8. The third-order valence-corrected chi connectivity index (χ3v) is 5.59. The van der Waals surface area contributed by atoms with Gasteiger partial charge < -0.3 is 10.2 Å². The molecule has 0 heterocycles. The first-order valence-electron chi connectivity index (χ1n) is 8.89. The molecule has 2 heteroatoms. The summed E-state index contributed by atoms with van der Waals surface area (Å²) in [5.41, 5.74) is 0. The van der Waals surface area contributed by atoms with E-state index in [1.807, 2.05) is 0 Å². The molecule has 1 atom stereocenters. The van der Waals surface area contributed by atoms with Crippen molar-refractivity contribution in [2.75, 3.05) is 20.6 Å². The molecule has 0 amide bonds. The Labute approximate surface area is 127 Å². The largest absolute Gasteiger partial charge is 0.312 e. The van der Waals surface area contributed by atoms with E-state index in [-0.39, 0.29) is 0 Å². The highest BCUT2D eigenvalue weighted by Gasteiger charge is 2.25. The number of hydrogen-bond donors (Lipinski definition) is 1. The van der Waals surface area contributed by atoms with Gasteiger partial charge in [-0.25, -0.2) is 0 Å². The van der Waals surface area contributed by atoms with Gasteiger partial charge in [0.1, 0.15) is 0 Å². The molecule has 0 aromatic rings. The Morgan fingerprint density at radius 3 is 1.95 bits per heavy atom. The Hall–Kier alpha value is -0.0800. The second kappa shape index (κ2) is 9.04. The van der Waals surface area contributed by atoms with Crippen LogP contribution in [0.3, 0.4) is 0 Å². The summed E-state index contributed by atoms with van der Waals surface area (Å²) in [5, 5.41) is 3.87. The third kappa shape index (κ3) is 5.37. The van der Waals surface area contributed by atoms with Gasteiger partial charge in [0.2, 0.25) is 0 Å². The molecule has 0 saturated heterocycles. The van der Waals surface area contributed by atoms with Crippen molar-refractivity contribution >= 4 is 0 Å². The van der Waals surface area contributed by atoms with Crippen LogP contribution in [0, 0.1) is 17.8 Å². The Balaban J connectivity index is 2.37. The molecule has 0 aromatic carbocycles. The molecule has 0 radical (unpaired) electrons. The molecular formula is C18H38N2. The van der Waals surface area contributed by atoms with E-state index in [0.717, 1.165) is 30.3 Å². The zero-order chi connectivity index (χ0) is 15.1. The molecule has 0 aromatic heterocycles. The lowest BCUT2D eigenvalue weighted by atomic mass is 9.79. The highest BCUT2D eigenvalue weighted by atomic mass is 15.1. The van der Waals surface area contributed by atoms with E-state index in [0.29, 0.717) is 6.04 Å². The molecule has 1 rings (SSSR count). The lowest BCUT2D eigenvalue weighted by Crippen LogP contribution is -2.46. The van der Waals surface area contributed by atoms with E-state index in [9.17, 15) is 0 Å². The van der Waals surface area contributed by atoms with Crippen molar-refractivity contribution in [2.45, 2.75) is 78.3 Å². The lowest BCUT2D eigenvalue weighted by Gasteiger charge is -2.36. The molecule has 1 unspecified atom stereocenters. The molecule has 1 saturated carbocycles. The monoisotopic (exact) mass is 282 g/mol. The van der Waals surface area contributed by atoms with Crippen molar-refractivity contribution in [1.29, 1.82) is 0 Å². The van der Waals surface area contributed by atoms with Crippen molar-refractivity contribution in [1.82, 2.24) is 10.2 Å². The van der Waals surface area contributed by atoms with Crippen molar-refractivity contribution in [2.24, 2.45) is 17.8 Å². The first-order valence-corrected chi connectivity index (χ1v) is 8.89. The summed E-state index contributed by atoms with van der Waals surface area (Å²) < 4.78 is 0. The summed E-state index contributed by atoms with van der Waals surface area (Å²) in [7, 11) is 4.47. The normalized spacial score (nSPS) is 25.6. The van der Waals surface area contributed by atoms with Gasteiger partial charge in [-0.05, 0) is 57.5 Å². The number of nitrogens with zero attached hydrogens (tertiary/aromatic N) is 1. The Kier molecular flexibility index (Phi) is 8.13. The second-order valence-corrected chi connectivity index (χ2v) is 7.37. The molecular weight excluding hydrogens is 244 g/mol. The van der Waals surface area contributed by atoms with E-state index >= 15 is 0 Å². The topological polar surface area (TPSA) is 15.3 Å². The van der Waals surface area contributed by atoms with Gasteiger partial charge in [-0.3, -0.25) is 0 Å². The van der Waals surface area contributed by atoms with Gasteiger partial charge in [-0.2, -0.15) is 0 Å². The van der Waals surface area contributed by atoms with E-state index in [1.54, 1.807) is 0 Å². The number of nitrogens with one attached hydrogen (secondary N) is 1. The Morgan fingerprint density at radius 2 is 1.55 bits per heavy atom. The number of rotatable bonds is 8. The first kappa shape index (κ1) is 18.0. The van der Waals surface area contributed by atoms with Crippen LogP contribution in [0.5, 0.6) is 0 Å². The molecule has 1 aliphatic rings. The van der Waals surface area contributed by atoms with Gasteiger partial charge in [0.15, 0.2) is 0 Å². The molecule has 0 spiro atoms.